The number of hydrogen-bond acceptors (Lipinski definition) is 2. The Bertz CT molecular complexity index is 217. The van der Waals surface area contributed by atoms with Crippen LogP contribution in [0.4, 0.5) is 0 Å². The van der Waals surface area contributed by atoms with Crippen LogP contribution >= 0.6 is 0 Å². The highest BCUT2D eigenvalue weighted by Gasteiger charge is 2.51. The second-order valence-electron chi connectivity index (χ2n) is 4.10. The first-order chi connectivity index (χ1) is 5.67. The van der Waals surface area contributed by atoms with Crippen molar-refractivity contribution in [2.24, 2.45) is 5.92 Å². The summed E-state index contributed by atoms with van der Waals surface area (Å²) < 4.78 is 0. The minimum absolute atomic E-state index is 0.174. The van der Waals surface area contributed by atoms with Crippen molar-refractivity contribution in [1.82, 2.24) is 5.32 Å². The van der Waals surface area contributed by atoms with Crippen LogP contribution in [0.3, 0.4) is 0 Å². The van der Waals surface area contributed by atoms with E-state index < -0.39 is 5.97 Å². The summed E-state index contributed by atoms with van der Waals surface area (Å²) in [5.41, 5.74) is 0.174. The quantitative estimate of drug-likeness (QED) is 0.648. The summed E-state index contributed by atoms with van der Waals surface area (Å²) >= 11 is 0. The summed E-state index contributed by atoms with van der Waals surface area (Å²) in [6.45, 7) is 2.14. The number of carboxylic acids is 1. The minimum atomic E-state index is -0.671. The van der Waals surface area contributed by atoms with Crippen LogP contribution in [0, 0.1) is 5.92 Å². The second-order valence-corrected chi connectivity index (χ2v) is 4.10. The van der Waals surface area contributed by atoms with E-state index in [1.165, 1.54) is 0 Å². The molecule has 1 saturated heterocycles. The lowest BCUT2D eigenvalue weighted by molar-refractivity contribution is -0.140. The van der Waals surface area contributed by atoms with Crippen LogP contribution in [0.2, 0.25) is 0 Å². The molecule has 0 aromatic carbocycles. The molecule has 2 rings (SSSR count). The van der Waals surface area contributed by atoms with E-state index in [9.17, 15) is 4.79 Å². The Hall–Kier alpha value is -0.570. The third kappa shape index (κ3) is 0.959. The molecule has 2 bridgehead atoms. The van der Waals surface area contributed by atoms with E-state index in [0.717, 1.165) is 25.7 Å². The Labute approximate surface area is 72.2 Å². The summed E-state index contributed by atoms with van der Waals surface area (Å²) in [6.07, 6.45) is 4.39. The van der Waals surface area contributed by atoms with E-state index >= 15 is 0 Å². The first kappa shape index (κ1) is 8.05. The maximum absolute atomic E-state index is 10.8. The number of rotatable bonds is 2. The molecule has 1 aliphatic heterocycles. The summed E-state index contributed by atoms with van der Waals surface area (Å²) in [7, 11) is 0. The molecule has 0 spiro atoms. The highest BCUT2D eigenvalue weighted by Crippen LogP contribution is 2.44. The van der Waals surface area contributed by atoms with Crippen molar-refractivity contribution in [3.8, 4) is 0 Å². The van der Waals surface area contributed by atoms with E-state index in [0.29, 0.717) is 5.92 Å². The lowest BCUT2D eigenvalue weighted by atomic mass is 9.96. The molecule has 0 aromatic rings. The first-order valence-electron chi connectivity index (χ1n) is 4.67. The summed E-state index contributed by atoms with van der Waals surface area (Å²) in [4.78, 5) is 10.8. The van der Waals surface area contributed by atoms with E-state index in [4.69, 9.17) is 5.11 Å². The fourth-order valence-corrected chi connectivity index (χ4v) is 2.72. The molecule has 1 heterocycles. The van der Waals surface area contributed by atoms with Crippen LogP contribution < -0.4 is 5.32 Å². The van der Waals surface area contributed by atoms with Crippen molar-refractivity contribution in [2.45, 2.75) is 44.2 Å². The van der Waals surface area contributed by atoms with Crippen molar-refractivity contribution >= 4 is 5.97 Å². The van der Waals surface area contributed by atoms with Gasteiger partial charge in [0.1, 0.15) is 6.04 Å². The monoisotopic (exact) mass is 169 g/mol. The highest BCUT2D eigenvalue weighted by atomic mass is 16.4. The van der Waals surface area contributed by atoms with Crippen LogP contribution in [0.15, 0.2) is 0 Å². The number of aliphatic carboxylic acids is 1. The van der Waals surface area contributed by atoms with Crippen LogP contribution in [-0.2, 0) is 4.79 Å². The lowest BCUT2D eigenvalue weighted by Crippen LogP contribution is -2.48. The molecular weight excluding hydrogens is 154 g/mol. The molecule has 0 radical (unpaired) electrons. The van der Waals surface area contributed by atoms with Gasteiger partial charge in [-0.15, -0.1) is 0 Å². The Morgan fingerprint density at radius 3 is 2.92 bits per heavy atom. The highest BCUT2D eigenvalue weighted by molar-refractivity contribution is 5.75. The van der Waals surface area contributed by atoms with Crippen molar-refractivity contribution in [1.29, 1.82) is 0 Å². The molecule has 3 heteroatoms. The molecule has 0 amide bonds. The van der Waals surface area contributed by atoms with Gasteiger partial charge in [-0.2, -0.15) is 0 Å². The predicted octanol–water partition coefficient (Wildman–Crippen LogP) is 0.992. The summed E-state index contributed by atoms with van der Waals surface area (Å²) in [6, 6.07) is -0.265. The zero-order valence-electron chi connectivity index (χ0n) is 7.34. The van der Waals surface area contributed by atoms with Gasteiger partial charge in [-0.25, -0.2) is 0 Å². The standard InChI is InChI=1S/C9H15NO2/c1-2-9-4-3-6(5-9)7(10-9)8(11)12/h6-7,10H,2-5H2,1H3,(H,11,12)/t6-,7+,9+/m1/s1. The molecule has 0 unspecified atom stereocenters. The Morgan fingerprint density at radius 2 is 2.50 bits per heavy atom. The molecule has 2 fully saturated rings. The van der Waals surface area contributed by atoms with Gasteiger partial charge in [0, 0.05) is 5.54 Å². The van der Waals surface area contributed by atoms with Crippen molar-refractivity contribution in [2.75, 3.05) is 0 Å². The van der Waals surface area contributed by atoms with Gasteiger partial charge in [-0.3, -0.25) is 10.1 Å². The van der Waals surface area contributed by atoms with Crippen LogP contribution in [0.25, 0.3) is 0 Å². The maximum atomic E-state index is 10.8. The molecule has 1 saturated carbocycles. The van der Waals surface area contributed by atoms with Gasteiger partial charge in [0.2, 0.25) is 0 Å². The first-order valence-corrected chi connectivity index (χ1v) is 4.67. The van der Waals surface area contributed by atoms with Gasteiger partial charge in [-0.1, -0.05) is 6.92 Å². The smallest absolute Gasteiger partial charge is 0.321 e. The fourth-order valence-electron chi connectivity index (χ4n) is 2.72. The molecule has 3 nitrogen and oxygen atoms in total. The molecular formula is C9H15NO2. The SMILES string of the molecule is CC[C@]12CC[C@H](C1)[C@@H](C(=O)O)N2. The van der Waals surface area contributed by atoms with Crippen LogP contribution in [0.5, 0.6) is 0 Å². The normalized spacial score (nSPS) is 45.1. The van der Waals surface area contributed by atoms with E-state index in [1.807, 2.05) is 0 Å². The number of carbonyl (C=O) groups is 1. The second kappa shape index (κ2) is 2.46. The molecule has 0 aromatic heterocycles. The summed E-state index contributed by atoms with van der Waals surface area (Å²) in [5, 5.41) is 12.1. The number of hydrogen-bond donors (Lipinski definition) is 2. The molecule has 3 atom stereocenters. The largest absolute Gasteiger partial charge is 0.480 e. The van der Waals surface area contributed by atoms with Gasteiger partial charge in [-0.05, 0) is 31.6 Å². The fraction of sp³-hybridized carbons (Fsp3) is 0.889. The van der Waals surface area contributed by atoms with Gasteiger partial charge in [0.15, 0.2) is 0 Å². The number of piperidine rings is 1. The van der Waals surface area contributed by atoms with Crippen LogP contribution in [-0.4, -0.2) is 22.7 Å². The molecule has 68 valence electrons. The van der Waals surface area contributed by atoms with E-state index in [1.54, 1.807) is 0 Å². The number of fused-ring (bicyclic) bond motifs is 2. The van der Waals surface area contributed by atoms with Crippen LogP contribution in [0.1, 0.15) is 32.6 Å². The maximum Gasteiger partial charge on any atom is 0.321 e. The Morgan fingerprint density at radius 1 is 1.75 bits per heavy atom. The van der Waals surface area contributed by atoms with Gasteiger partial charge in [0.25, 0.3) is 0 Å². The van der Waals surface area contributed by atoms with E-state index in [2.05, 4.69) is 12.2 Å². The Kier molecular flexibility index (Phi) is 1.65. The topological polar surface area (TPSA) is 49.3 Å². The average molecular weight is 169 g/mol. The predicted molar refractivity (Wildman–Crippen MR) is 44.9 cm³/mol. The number of carboxylic acid groups (broad SMARTS) is 1. The van der Waals surface area contributed by atoms with Gasteiger partial charge in [0.05, 0.1) is 0 Å². The zero-order chi connectivity index (χ0) is 8.77. The molecule has 2 N–H and O–H groups in total. The third-order valence-electron chi connectivity index (χ3n) is 3.52. The Balaban J connectivity index is 2.14. The molecule has 2 aliphatic rings. The van der Waals surface area contributed by atoms with Crippen molar-refractivity contribution in [3.05, 3.63) is 0 Å². The molecule has 12 heavy (non-hydrogen) atoms. The minimum Gasteiger partial charge on any atom is -0.480 e. The third-order valence-corrected chi connectivity index (χ3v) is 3.52. The van der Waals surface area contributed by atoms with Gasteiger partial charge >= 0.3 is 5.97 Å². The molecule has 1 aliphatic carbocycles. The number of nitrogens with one attached hydrogen (secondary N) is 1. The zero-order valence-corrected chi connectivity index (χ0v) is 7.34. The van der Waals surface area contributed by atoms with Crippen molar-refractivity contribution < 1.29 is 9.90 Å². The van der Waals surface area contributed by atoms with Gasteiger partial charge < -0.3 is 5.11 Å². The van der Waals surface area contributed by atoms with E-state index in [-0.39, 0.29) is 11.6 Å². The summed E-state index contributed by atoms with van der Waals surface area (Å²) in [5.74, 6) is -0.280. The van der Waals surface area contributed by atoms with Crippen molar-refractivity contribution in [3.63, 3.8) is 0 Å². The average Bonchev–Trinajstić information content (AvgIpc) is 2.61. The lowest BCUT2D eigenvalue weighted by Gasteiger charge is -2.29.